The lowest BCUT2D eigenvalue weighted by atomic mass is 10.0. The maximum atomic E-state index is 13.2. The molecule has 1 aromatic carbocycles. The van der Waals surface area contributed by atoms with E-state index in [0.29, 0.717) is 23.1 Å². The van der Waals surface area contributed by atoms with E-state index in [2.05, 4.69) is 4.98 Å². The summed E-state index contributed by atoms with van der Waals surface area (Å²) in [6.07, 6.45) is 3.42. The summed E-state index contributed by atoms with van der Waals surface area (Å²) in [5.41, 5.74) is 1.61. The van der Waals surface area contributed by atoms with Crippen LogP contribution < -0.4 is 5.43 Å². The van der Waals surface area contributed by atoms with Crippen molar-refractivity contribution in [1.82, 2.24) is 9.88 Å². The van der Waals surface area contributed by atoms with Gasteiger partial charge in [-0.1, -0.05) is 24.3 Å². The van der Waals surface area contributed by atoms with E-state index in [1.165, 1.54) is 11.3 Å². The fourth-order valence-electron chi connectivity index (χ4n) is 3.56. The summed E-state index contributed by atoms with van der Waals surface area (Å²) in [7, 11) is 0. The largest absolute Gasteiger partial charge is 0.450 e. The number of thiophene rings is 1. The SMILES string of the molecule is O=C1c2oc3ccccc3c(=O)c2[C@H](c2cccs2)N1Cc1cccnc1. The molecular weight excluding hydrogens is 360 g/mol. The second-order valence-electron chi connectivity index (χ2n) is 6.38. The molecule has 0 radical (unpaired) electrons. The molecule has 0 saturated carbocycles. The summed E-state index contributed by atoms with van der Waals surface area (Å²) >= 11 is 1.52. The number of para-hydroxylation sites is 1. The van der Waals surface area contributed by atoms with Crippen LogP contribution in [0.2, 0.25) is 0 Å². The number of fused-ring (bicyclic) bond motifs is 2. The van der Waals surface area contributed by atoms with Gasteiger partial charge in [-0.3, -0.25) is 14.6 Å². The lowest BCUT2D eigenvalue weighted by Crippen LogP contribution is -2.28. The fourth-order valence-corrected chi connectivity index (χ4v) is 4.41. The maximum absolute atomic E-state index is 13.2. The number of carbonyl (C=O) groups excluding carboxylic acids is 1. The number of nitrogens with zero attached hydrogens (tertiary/aromatic N) is 2. The molecule has 1 atom stereocenters. The summed E-state index contributed by atoms with van der Waals surface area (Å²) in [5.74, 6) is -0.129. The predicted molar refractivity (Wildman–Crippen MR) is 103 cm³/mol. The van der Waals surface area contributed by atoms with Gasteiger partial charge < -0.3 is 9.32 Å². The highest BCUT2D eigenvalue weighted by Gasteiger charge is 2.43. The van der Waals surface area contributed by atoms with E-state index in [1.54, 1.807) is 41.6 Å². The molecule has 0 saturated heterocycles. The molecule has 3 aromatic heterocycles. The van der Waals surface area contributed by atoms with E-state index in [4.69, 9.17) is 4.42 Å². The number of amides is 1. The standard InChI is InChI=1S/C21H14N2O3S/c24-19-14-6-1-2-7-15(14)26-20-17(19)18(16-8-4-10-27-16)23(21(20)25)12-13-5-3-9-22-11-13/h1-11,18H,12H2/t18-/m0/s1. The zero-order valence-electron chi connectivity index (χ0n) is 14.2. The predicted octanol–water partition coefficient (Wildman–Crippen LogP) is 3.99. The summed E-state index contributed by atoms with van der Waals surface area (Å²) in [6, 6.07) is 14.2. The number of carbonyl (C=O) groups is 1. The van der Waals surface area contributed by atoms with Crippen LogP contribution in [0.15, 0.2) is 75.5 Å². The minimum absolute atomic E-state index is 0.140. The van der Waals surface area contributed by atoms with Crippen LogP contribution in [0.4, 0.5) is 0 Å². The Morgan fingerprint density at radius 1 is 1.07 bits per heavy atom. The van der Waals surface area contributed by atoms with Crippen molar-refractivity contribution in [2.75, 3.05) is 0 Å². The second kappa shape index (κ2) is 6.17. The Balaban J connectivity index is 1.73. The van der Waals surface area contributed by atoms with Crippen LogP contribution in [0.3, 0.4) is 0 Å². The van der Waals surface area contributed by atoms with Crippen LogP contribution in [-0.4, -0.2) is 15.8 Å². The third-order valence-electron chi connectivity index (χ3n) is 4.76. The van der Waals surface area contributed by atoms with Crippen molar-refractivity contribution < 1.29 is 9.21 Å². The van der Waals surface area contributed by atoms with Crippen molar-refractivity contribution in [3.05, 3.63) is 98.3 Å². The van der Waals surface area contributed by atoms with Crippen molar-refractivity contribution in [2.45, 2.75) is 12.6 Å². The van der Waals surface area contributed by atoms with Crippen molar-refractivity contribution in [3.8, 4) is 0 Å². The Morgan fingerprint density at radius 3 is 2.74 bits per heavy atom. The summed E-state index contributed by atoms with van der Waals surface area (Å²) in [5, 5.41) is 2.44. The average Bonchev–Trinajstić information content (AvgIpc) is 3.31. The number of hydrogen-bond acceptors (Lipinski definition) is 5. The van der Waals surface area contributed by atoms with Gasteiger partial charge in [0.15, 0.2) is 5.43 Å². The van der Waals surface area contributed by atoms with Crippen LogP contribution in [0.5, 0.6) is 0 Å². The van der Waals surface area contributed by atoms with E-state index in [9.17, 15) is 9.59 Å². The van der Waals surface area contributed by atoms with Gasteiger partial charge in [0.1, 0.15) is 11.6 Å². The topological polar surface area (TPSA) is 63.4 Å². The normalized spacial score (nSPS) is 16.1. The second-order valence-corrected chi connectivity index (χ2v) is 7.36. The maximum Gasteiger partial charge on any atom is 0.291 e. The fraction of sp³-hybridized carbons (Fsp3) is 0.0952. The molecule has 4 heterocycles. The van der Waals surface area contributed by atoms with Gasteiger partial charge in [-0.2, -0.15) is 0 Å². The van der Waals surface area contributed by atoms with Gasteiger partial charge in [-0.25, -0.2) is 0 Å². The van der Waals surface area contributed by atoms with Crippen molar-refractivity contribution >= 4 is 28.2 Å². The molecule has 1 amide bonds. The number of rotatable bonds is 3. The molecule has 0 aliphatic carbocycles. The molecule has 5 nitrogen and oxygen atoms in total. The Labute approximate surface area is 158 Å². The number of benzene rings is 1. The number of aromatic nitrogens is 1. The van der Waals surface area contributed by atoms with E-state index in [1.807, 2.05) is 29.6 Å². The first-order chi connectivity index (χ1) is 13.2. The smallest absolute Gasteiger partial charge is 0.291 e. The zero-order chi connectivity index (χ0) is 18.4. The average molecular weight is 374 g/mol. The van der Waals surface area contributed by atoms with Crippen LogP contribution in [-0.2, 0) is 6.54 Å². The highest BCUT2D eigenvalue weighted by molar-refractivity contribution is 7.10. The third-order valence-corrected chi connectivity index (χ3v) is 5.69. The molecule has 4 aromatic rings. The molecule has 0 fully saturated rings. The van der Waals surface area contributed by atoms with Crippen LogP contribution >= 0.6 is 11.3 Å². The lowest BCUT2D eigenvalue weighted by molar-refractivity contribution is 0.0716. The molecule has 0 spiro atoms. The van der Waals surface area contributed by atoms with Crippen LogP contribution in [0.25, 0.3) is 11.0 Å². The van der Waals surface area contributed by atoms with Gasteiger partial charge in [0, 0.05) is 23.8 Å². The van der Waals surface area contributed by atoms with Crippen molar-refractivity contribution in [1.29, 1.82) is 0 Å². The van der Waals surface area contributed by atoms with E-state index in [-0.39, 0.29) is 17.1 Å². The van der Waals surface area contributed by atoms with Crippen LogP contribution in [0, 0.1) is 0 Å². The van der Waals surface area contributed by atoms with E-state index >= 15 is 0 Å². The summed E-state index contributed by atoms with van der Waals surface area (Å²) in [6.45, 7) is 0.356. The van der Waals surface area contributed by atoms with E-state index < -0.39 is 6.04 Å². The van der Waals surface area contributed by atoms with E-state index in [0.717, 1.165) is 10.4 Å². The molecule has 27 heavy (non-hydrogen) atoms. The first kappa shape index (κ1) is 16.0. The van der Waals surface area contributed by atoms with Gasteiger partial charge in [0.25, 0.3) is 5.91 Å². The third kappa shape index (κ3) is 2.49. The van der Waals surface area contributed by atoms with Gasteiger partial charge >= 0.3 is 0 Å². The minimum Gasteiger partial charge on any atom is -0.450 e. The number of pyridine rings is 1. The lowest BCUT2D eigenvalue weighted by Gasteiger charge is -2.23. The molecule has 132 valence electrons. The van der Waals surface area contributed by atoms with Crippen molar-refractivity contribution in [2.24, 2.45) is 0 Å². The number of hydrogen-bond donors (Lipinski definition) is 0. The molecule has 6 heteroatoms. The van der Waals surface area contributed by atoms with Gasteiger partial charge in [-0.05, 0) is 35.2 Å². The minimum atomic E-state index is -0.450. The summed E-state index contributed by atoms with van der Waals surface area (Å²) in [4.78, 5) is 33.2. The molecule has 1 aliphatic rings. The Hall–Kier alpha value is -3.25. The monoisotopic (exact) mass is 374 g/mol. The molecular formula is C21H14N2O3S. The molecule has 0 unspecified atom stereocenters. The quantitative estimate of drug-likeness (QED) is 0.544. The first-order valence-electron chi connectivity index (χ1n) is 8.53. The highest BCUT2D eigenvalue weighted by atomic mass is 32.1. The summed E-state index contributed by atoms with van der Waals surface area (Å²) < 4.78 is 5.89. The zero-order valence-corrected chi connectivity index (χ0v) is 15.0. The molecule has 0 N–H and O–H groups in total. The molecule has 1 aliphatic heterocycles. The highest BCUT2D eigenvalue weighted by Crippen LogP contribution is 2.40. The van der Waals surface area contributed by atoms with Gasteiger partial charge in [0.05, 0.1) is 10.9 Å². The Morgan fingerprint density at radius 2 is 1.96 bits per heavy atom. The van der Waals surface area contributed by atoms with Crippen molar-refractivity contribution in [3.63, 3.8) is 0 Å². The van der Waals surface area contributed by atoms with Gasteiger partial charge in [-0.15, -0.1) is 11.3 Å². The van der Waals surface area contributed by atoms with Gasteiger partial charge in [0.2, 0.25) is 5.76 Å². The first-order valence-corrected chi connectivity index (χ1v) is 9.41. The molecule has 0 bridgehead atoms. The molecule has 5 rings (SSSR count). The Bertz CT molecular complexity index is 1200. The Kier molecular flexibility index (Phi) is 3.65. The van der Waals surface area contributed by atoms with Crippen LogP contribution in [0.1, 0.15) is 32.6 Å².